The standard InChI is InChI=1S/C19H29N3O4/c1-13(20-18(24)26-19(2,3)4)17(23)22-16-8-6-5-7-15(16)21-14-9-11-25-12-10-14/h5-8,13-14,21H,9-12H2,1-4H3,(H,20,24)(H,22,23). The van der Waals surface area contributed by atoms with Gasteiger partial charge in [-0.05, 0) is 52.7 Å². The maximum Gasteiger partial charge on any atom is 0.408 e. The predicted molar refractivity (Wildman–Crippen MR) is 101 cm³/mol. The molecule has 0 aliphatic carbocycles. The third-order valence-corrected chi connectivity index (χ3v) is 3.89. The third-order valence-electron chi connectivity index (χ3n) is 3.89. The number of alkyl carbamates (subject to hydrolysis) is 1. The van der Waals surface area contributed by atoms with Crippen molar-refractivity contribution < 1.29 is 19.1 Å². The molecule has 2 rings (SSSR count). The van der Waals surface area contributed by atoms with Crippen molar-refractivity contribution in [1.29, 1.82) is 0 Å². The zero-order valence-corrected chi connectivity index (χ0v) is 15.9. The second-order valence-corrected chi connectivity index (χ2v) is 7.43. The fraction of sp³-hybridized carbons (Fsp3) is 0.579. The lowest BCUT2D eigenvalue weighted by atomic mass is 10.1. The molecule has 1 aromatic rings. The lowest BCUT2D eigenvalue weighted by Crippen LogP contribution is -2.44. The molecule has 0 aromatic heterocycles. The summed E-state index contributed by atoms with van der Waals surface area (Å²) in [5.74, 6) is -0.308. The summed E-state index contributed by atoms with van der Waals surface area (Å²) in [7, 11) is 0. The van der Waals surface area contributed by atoms with Gasteiger partial charge in [0, 0.05) is 19.3 Å². The number of anilines is 2. The smallest absolute Gasteiger partial charge is 0.408 e. The van der Waals surface area contributed by atoms with Crippen LogP contribution in [0, 0.1) is 0 Å². The van der Waals surface area contributed by atoms with E-state index in [4.69, 9.17) is 9.47 Å². The van der Waals surface area contributed by atoms with E-state index in [0.717, 1.165) is 31.7 Å². The first-order valence-corrected chi connectivity index (χ1v) is 8.98. The van der Waals surface area contributed by atoms with Crippen LogP contribution in [0.3, 0.4) is 0 Å². The topological polar surface area (TPSA) is 88.7 Å². The summed E-state index contributed by atoms with van der Waals surface area (Å²) in [6.45, 7) is 8.42. The molecule has 1 aromatic carbocycles. The first kappa shape index (κ1) is 20.0. The Morgan fingerprint density at radius 2 is 1.77 bits per heavy atom. The van der Waals surface area contributed by atoms with Crippen molar-refractivity contribution in [3.8, 4) is 0 Å². The van der Waals surface area contributed by atoms with E-state index in [9.17, 15) is 9.59 Å². The van der Waals surface area contributed by atoms with Crippen molar-refractivity contribution >= 4 is 23.4 Å². The molecule has 1 aliphatic rings. The van der Waals surface area contributed by atoms with Gasteiger partial charge >= 0.3 is 6.09 Å². The largest absolute Gasteiger partial charge is 0.444 e. The van der Waals surface area contributed by atoms with Crippen LogP contribution in [0.25, 0.3) is 0 Å². The lowest BCUT2D eigenvalue weighted by molar-refractivity contribution is -0.117. The summed E-state index contributed by atoms with van der Waals surface area (Å²) in [5, 5.41) is 8.87. The number of amides is 2. The first-order chi connectivity index (χ1) is 12.2. The van der Waals surface area contributed by atoms with Gasteiger partial charge in [-0.3, -0.25) is 4.79 Å². The molecule has 7 nitrogen and oxygen atoms in total. The van der Waals surface area contributed by atoms with Crippen LogP contribution in [0.15, 0.2) is 24.3 Å². The molecular weight excluding hydrogens is 334 g/mol. The van der Waals surface area contributed by atoms with Crippen molar-refractivity contribution in [2.24, 2.45) is 0 Å². The minimum atomic E-state index is -0.721. The monoisotopic (exact) mass is 363 g/mol. The molecule has 1 aliphatic heterocycles. The van der Waals surface area contributed by atoms with E-state index in [1.807, 2.05) is 24.3 Å². The highest BCUT2D eigenvalue weighted by molar-refractivity contribution is 5.98. The number of nitrogens with one attached hydrogen (secondary N) is 3. The summed E-state index contributed by atoms with van der Waals surface area (Å²) >= 11 is 0. The molecule has 1 heterocycles. The SMILES string of the molecule is CC(NC(=O)OC(C)(C)C)C(=O)Nc1ccccc1NC1CCOCC1. The summed E-state index contributed by atoms with van der Waals surface area (Å²) in [6.07, 6.45) is 1.24. The summed E-state index contributed by atoms with van der Waals surface area (Å²) in [6, 6.07) is 7.13. The molecule has 7 heteroatoms. The fourth-order valence-corrected chi connectivity index (χ4v) is 2.57. The molecule has 0 radical (unpaired) electrons. The Hall–Kier alpha value is -2.28. The Bertz CT molecular complexity index is 621. The van der Waals surface area contributed by atoms with E-state index < -0.39 is 17.7 Å². The molecule has 3 N–H and O–H groups in total. The van der Waals surface area contributed by atoms with Crippen molar-refractivity contribution in [1.82, 2.24) is 5.32 Å². The fourth-order valence-electron chi connectivity index (χ4n) is 2.57. The van der Waals surface area contributed by atoms with Crippen molar-refractivity contribution in [3.05, 3.63) is 24.3 Å². The van der Waals surface area contributed by atoms with Gasteiger partial charge in [0.15, 0.2) is 0 Å². The highest BCUT2D eigenvalue weighted by Crippen LogP contribution is 2.24. The van der Waals surface area contributed by atoms with E-state index >= 15 is 0 Å². The molecule has 2 amide bonds. The number of benzene rings is 1. The van der Waals surface area contributed by atoms with Gasteiger partial charge in [-0.1, -0.05) is 12.1 Å². The average molecular weight is 363 g/mol. The first-order valence-electron chi connectivity index (χ1n) is 8.98. The molecule has 0 bridgehead atoms. The second kappa shape index (κ2) is 8.89. The molecule has 1 fully saturated rings. The van der Waals surface area contributed by atoms with Gasteiger partial charge in [0.1, 0.15) is 11.6 Å². The van der Waals surface area contributed by atoms with Gasteiger partial charge in [0.05, 0.1) is 11.4 Å². The predicted octanol–water partition coefficient (Wildman–Crippen LogP) is 3.13. The molecule has 1 saturated heterocycles. The zero-order valence-electron chi connectivity index (χ0n) is 15.9. The van der Waals surface area contributed by atoms with Gasteiger partial charge in [0.2, 0.25) is 5.91 Å². The van der Waals surface area contributed by atoms with Crippen LogP contribution in [-0.2, 0) is 14.3 Å². The quantitative estimate of drug-likeness (QED) is 0.748. The summed E-state index contributed by atoms with van der Waals surface area (Å²) in [4.78, 5) is 24.2. The van der Waals surface area contributed by atoms with E-state index in [0.29, 0.717) is 11.7 Å². The van der Waals surface area contributed by atoms with Crippen LogP contribution in [0.2, 0.25) is 0 Å². The number of carbonyl (C=O) groups is 2. The number of carbonyl (C=O) groups excluding carboxylic acids is 2. The van der Waals surface area contributed by atoms with Gasteiger partial charge in [-0.15, -0.1) is 0 Å². The third kappa shape index (κ3) is 6.55. The Morgan fingerprint density at radius 3 is 2.38 bits per heavy atom. The Labute approximate surface area is 154 Å². The molecule has 0 saturated carbocycles. The van der Waals surface area contributed by atoms with Gasteiger partial charge < -0.3 is 25.4 Å². The van der Waals surface area contributed by atoms with Crippen LogP contribution >= 0.6 is 0 Å². The van der Waals surface area contributed by atoms with Crippen molar-refractivity contribution in [3.63, 3.8) is 0 Å². The maximum absolute atomic E-state index is 12.4. The highest BCUT2D eigenvalue weighted by atomic mass is 16.6. The molecular formula is C19H29N3O4. The van der Waals surface area contributed by atoms with Crippen molar-refractivity contribution in [2.45, 2.75) is 58.2 Å². The van der Waals surface area contributed by atoms with E-state index in [-0.39, 0.29) is 5.91 Å². The summed E-state index contributed by atoms with van der Waals surface area (Å²) < 4.78 is 10.6. The average Bonchev–Trinajstić information content (AvgIpc) is 2.55. The number of ether oxygens (including phenoxy) is 2. The normalized spacial score (nSPS) is 16.5. The van der Waals surface area contributed by atoms with E-state index in [2.05, 4.69) is 16.0 Å². The zero-order chi connectivity index (χ0) is 19.2. The Morgan fingerprint density at radius 1 is 1.15 bits per heavy atom. The minimum Gasteiger partial charge on any atom is -0.444 e. The van der Waals surface area contributed by atoms with Crippen LogP contribution in [0.5, 0.6) is 0 Å². The second-order valence-electron chi connectivity index (χ2n) is 7.43. The van der Waals surface area contributed by atoms with Crippen LogP contribution < -0.4 is 16.0 Å². The van der Waals surface area contributed by atoms with E-state index in [1.165, 1.54) is 0 Å². The molecule has 144 valence electrons. The molecule has 0 spiro atoms. The van der Waals surface area contributed by atoms with Crippen molar-refractivity contribution in [2.75, 3.05) is 23.8 Å². The number of rotatable bonds is 5. The highest BCUT2D eigenvalue weighted by Gasteiger charge is 2.22. The van der Waals surface area contributed by atoms with Crippen LogP contribution in [-0.4, -0.2) is 42.9 Å². The Kier molecular flexibility index (Phi) is 6.85. The maximum atomic E-state index is 12.4. The Balaban J connectivity index is 1.94. The molecule has 1 unspecified atom stereocenters. The van der Waals surface area contributed by atoms with Gasteiger partial charge in [-0.25, -0.2) is 4.79 Å². The minimum absolute atomic E-state index is 0.308. The molecule has 1 atom stereocenters. The van der Waals surface area contributed by atoms with Crippen LogP contribution in [0.1, 0.15) is 40.5 Å². The van der Waals surface area contributed by atoms with Crippen LogP contribution in [0.4, 0.5) is 16.2 Å². The number of hydrogen-bond acceptors (Lipinski definition) is 5. The lowest BCUT2D eigenvalue weighted by Gasteiger charge is -2.26. The summed E-state index contributed by atoms with van der Waals surface area (Å²) in [5.41, 5.74) is 0.930. The van der Waals surface area contributed by atoms with Gasteiger partial charge in [-0.2, -0.15) is 0 Å². The van der Waals surface area contributed by atoms with Gasteiger partial charge in [0.25, 0.3) is 0 Å². The molecule has 26 heavy (non-hydrogen) atoms. The number of para-hydroxylation sites is 2. The number of hydrogen-bond donors (Lipinski definition) is 3. The van der Waals surface area contributed by atoms with E-state index in [1.54, 1.807) is 27.7 Å².